The van der Waals surface area contributed by atoms with Gasteiger partial charge in [0.15, 0.2) is 17.5 Å². The molecule has 6 nitrogen and oxygen atoms in total. The molecule has 0 aliphatic carbocycles. The molecule has 0 amide bonds. The van der Waals surface area contributed by atoms with Gasteiger partial charge in [-0.15, -0.1) is 0 Å². The van der Waals surface area contributed by atoms with Gasteiger partial charge in [0.25, 0.3) is 0 Å². The van der Waals surface area contributed by atoms with Crippen molar-refractivity contribution in [2.24, 2.45) is 9.98 Å². The fourth-order valence-corrected chi connectivity index (χ4v) is 5.92. The third kappa shape index (κ3) is 4.70. The number of rotatable bonds is 3. The standard InChI is InChI=1S/C35H30ClFN6/c1-21-30-31(22-14-16-23(17-15-22)35(2,3)4)42-29-13-9-8-12-28(29)39-32(38-24-18-19-27(37)26(36)20-24)34(42)40-33(30)43(41-21)25-10-6-5-7-11-25/h5-20,31H,1-4H3,(H,38,39). The molecule has 0 fully saturated rings. The summed E-state index contributed by atoms with van der Waals surface area (Å²) in [7, 11) is 0. The highest BCUT2D eigenvalue weighted by Crippen LogP contribution is 2.48. The number of amidine groups is 2. The van der Waals surface area contributed by atoms with E-state index in [1.807, 2.05) is 60.1 Å². The van der Waals surface area contributed by atoms with Gasteiger partial charge in [0, 0.05) is 11.3 Å². The molecule has 0 saturated carbocycles. The second-order valence-electron chi connectivity index (χ2n) is 11.9. The molecule has 1 atom stereocenters. The van der Waals surface area contributed by atoms with Crippen LogP contribution in [0.2, 0.25) is 5.02 Å². The minimum absolute atomic E-state index is 0.0227. The van der Waals surface area contributed by atoms with Crippen molar-refractivity contribution in [1.29, 1.82) is 0 Å². The molecular weight excluding hydrogens is 559 g/mol. The molecule has 0 spiro atoms. The fraction of sp³-hybridized carbons (Fsp3) is 0.171. The summed E-state index contributed by atoms with van der Waals surface area (Å²) in [6.45, 7) is 8.70. The number of aliphatic imine (C=N–C) groups is 2. The van der Waals surface area contributed by atoms with Crippen molar-refractivity contribution < 1.29 is 4.39 Å². The number of hydrogen-bond donors (Lipinski definition) is 1. The van der Waals surface area contributed by atoms with Gasteiger partial charge < -0.3 is 10.2 Å². The van der Waals surface area contributed by atoms with Gasteiger partial charge in [-0.1, -0.05) is 87.0 Å². The van der Waals surface area contributed by atoms with E-state index in [0.717, 1.165) is 39.7 Å². The molecule has 8 heteroatoms. The van der Waals surface area contributed by atoms with Crippen molar-refractivity contribution in [3.05, 3.63) is 130 Å². The Labute approximate surface area is 255 Å². The molecule has 0 radical (unpaired) electrons. The van der Waals surface area contributed by atoms with Crippen molar-refractivity contribution in [2.75, 3.05) is 10.2 Å². The first-order valence-electron chi connectivity index (χ1n) is 14.2. The number of hydrogen-bond acceptors (Lipinski definition) is 5. The molecule has 4 aromatic carbocycles. The van der Waals surface area contributed by atoms with Crippen molar-refractivity contribution in [3.63, 3.8) is 0 Å². The molecule has 7 rings (SSSR count). The average Bonchev–Trinajstić information content (AvgIpc) is 3.34. The van der Waals surface area contributed by atoms with Gasteiger partial charge in [0.1, 0.15) is 5.82 Å². The van der Waals surface area contributed by atoms with Crippen LogP contribution in [0.1, 0.15) is 49.2 Å². The Morgan fingerprint density at radius 2 is 1.58 bits per heavy atom. The van der Waals surface area contributed by atoms with Crippen LogP contribution in [0, 0.1) is 12.7 Å². The van der Waals surface area contributed by atoms with Crippen LogP contribution in [0.5, 0.6) is 0 Å². The van der Waals surface area contributed by atoms with Gasteiger partial charge in [-0.3, -0.25) is 0 Å². The van der Waals surface area contributed by atoms with Crippen molar-refractivity contribution in [1.82, 2.24) is 9.78 Å². The van der Waals surface area contributed by atoms with E-state index in [1.54, 1.807) is 12.1 Å². The number of aryl methyl sites for hydroxylation is 1. The van der Waals surface area contributed by atoms with Crippen molar-refractivity contribution in [2.45, 2.75) is 39.2 Å². The smallest absolute Gasteiger partial charge is 0.179 e. The SMILES string of the molecule is Cc1nn(-c2ccccc2)c2c1C(c1ccc(C(C)(C)C)cc1)N1C(=N2)C(Nc2ccc(F)c(Cl)c2)=Nc2ccccc21. The molecule has 214 valence electrons. The maximum absolute atomic E-state index is 14.0. The lowest BCUT2D eigenvalue weighted by Gasteiger charge is -2.40. The van der Waals surface area contributed by atoms with E-state index in [1.165, 1.54) is 11.6 Å². The molecule has 2 aliphatic rings. The van der Waals surface area contributed by atoms with E-state index in [4.69, 9.17) is 26.7 Å². The summed E-state index contributed by atoms with van der Waals surface area (Å²) >= 11 is 6.15. The summed E-state index contributed by atoms with van der Waals surface area (Å²) in [5, 5.41) is 8.42. The van der Waals surface area contributed by atoms with E-state index in [0.29, 0.717) is 17.4 Å². The van der Waals surface area contributed by atoms with Gasteiger partial charge in [-0.05, 0) is 65.9 Å². The Morgan fingerprint density at radius 3 is 2.30 bits per heavy atom. The van der Waals surface area contributed by atoms with Crippen LogP contribution in [-0.4, -0.2) is 21.5 Å². The average molecular weight is 589 g/mol. The summed E-state index contributed by atoms with van der Waals surface area (Å²) in [5.74, 6) is 1.42. The fourth-order valence-electron chi connectivity index (χ4n) is 5.74. The van der Waals surface area contributed by atoms with Crippen LogP contribution < -0.4 is 10.2 Å². The topological polar surface area (TPSA) is 57.8 Å². The Bertz CT molecular complexity index is 1920. The molecule has 0 saturated heterocycles. The summed E-state index contributed by atoms with van der Waals surface area (Å²) in [6.07, 6.45) is 0. The summed E-state index contributed by atoms with van der Waals surface area (Å²) < 4.78 is 15.9. The van der Waals surface area contributed by atoms with E-state index in [-0.39, 0.29) is 16.5 Å². The second-order valence-corrected chi connectivity index (χ2v) is 12.3. The zero-order valence-electron chi connectivity index (χ0n) is 24.3. The van der Waals surface area contributed by atoms with Crippen molar-refractivity contribution in [3.8, 4) is 5.69 Å². The number of fused-ring (bicyclic) bond motifs is 4. The molecule has 3 heterocycles. The first kappa shape index (κ1) is 27.1. The normalized spacial score (nSPS) is 15.7. The molecule has 2 aliphatic heterocycles. The summed E-state index contributed by atoms with van der Waals surface area (Å²) in [4.78, 5) is 12.5. The van der Waals surface area contributed by atoms with Crippen LogP contribution in [0.25, 0.3) is 5.69 Å². The molecule has 1 unspecified atom stereocenters. The molecule has 1 aromatic heterocycles. The number of anilines is 2. The Balaban J connectivity index is 1.47. The van der Waals surface area contributed by atoms with Crippen LogP contribution in [0.15, 0.2) is 107 Å². The highest BCUT2D eigenvalue weighted by atomic mass is 35.5. The van der Waals surface area contributed by atoms with E-state index in [9.17, 15) is 4.39 Å². The van der Waals surface area contributed by atoms with E-state index >= 15 is 0 Å². The highest BCUT2D eigenvalue weighted by Gasteiger charge is 2.41. The quantitative estimate of drug-likeness (QED) is 0.229. The lowest BCUT2D eigenvalue weighted by atomic mass is 9.85. The van der Waals surface area contributed by atoms with Gasteiger partial charge >= 0.3 is 0 Å². The Morgan fingerprint density at radius 1 is 0.860 bits per heavy atom. The number of nitrogens with zero attached hydrogens (tertiary/aromatic N) is 5. The van der Waals surface area contributed by atoms with Crippen LogP contribution in [-0.2, 0) is 5.41 Å². The molecule has 1 N–H and O–H groups in total. The predicted molar refractivity (Wildman–Crippen MR) is 173 cm³/mol. The minimum Gasteiger partial charge on any atom is -0.337 e. The summed E-state index contributed by atoms with van der Waals surface area (Å²) in [6, 6.07) is 31.2. The van der Waals surface area contributed by atoms with E-state index < -0.39 is 5.82 Å². The third-order valence-electron chi connectivity index (χ3n) is 7.91. The summed E-state index contributed by atoms with van der Waals surface area (Å²) in [5.41, 5.74) is 7.57. The zero-order chi connectivity index (χ0) is 29.9. The van der Waals surface area contributed by atoms with E-state index in [2.05, 4.69) is 61.3 Å². The highest BCUT2D eigenvalue weighted by molar-refractivity contribution is 6.51. The molecular formula is C35H30ClFN6. The monoisotopic (exact) mass is 588 g/mol. The largest absolute Gasteiger partial charge is 0.337 e. The predicted octanol–water partition coefficient (Wildman–Crippen LogP) is 9.07. The first-order chi connectivity index (χ1) is 20.7. The second kappa shape index (κ2) is 10.2. The Hall–Kier alpha value is -4.75. The zero-order valence-corrected chi connectivity index (χ0v) is 25.1. The molecule has 5 aromatic rings. The lowest BCUT2D eigenvalue weighted by Crippen LogP contribution is -2.46. The first-order valence-corrected chi connectivity index (χ1v) is 14.6. The number of benzene rings is 4. The van der Waals surface area contributed by atoms with Gasteiger partial charge in [0.05, 0.1) is 33.8 Å². The molecule has 0 bridgehead atoms. The van der Waals surface area contributed by atoms with Gasteiger partial charge in [0.2, 0.25) is 0 Å². The van der Waals surface area contributed by atoms with Crippen LogP contribution in [0.3, 0.4) is 0 Å². The minimum atomic E-state index is -0.481. The maximum Gasteiger partial charge on any atom is 0.179 e. The number of halogens is 2. The van der Waals surface area contributed by atoms with Crippen molar-refractivity contribution >= 4 is 46.2 Å². The molecule has 43 heavy (non-hydrogen) atoms. The van der Waals surface area contributed by atoms with Gasteiger partial charge in [-0.2, -0.15) is 5.10 Å². The maximum atomic E-state index is 14.0. The van der Waals surface area contributed by atoms with Crippen LogP contribution in [0.4, 0.5) is 27.3 Å². The number of nitrogens with one attached hydrogen (secondary N) is 1. The lowest BCUT2D eigenvalue weighted by molar-refractivity contribution is 0.589. The Kier molecular flexibility index (Phi) is 6.43. The third-order valence-corrected chi connectivity index (χ3v) is 8.20. The van der Waals surface area contributed by atoms with Crippen LogP contribution >= 0.6 is 11.6 Å². The number of aromatic nitrogens is 2. The number of para-hydroxylation sites is 3. The van der Waals surface area contributed by atoms with Gasteiger partial charge in [-0.25, -0.2) is 19.1 Å².